The van der Waals surface area contributed by atoms with E-state index in [0.717, 1.165) is 5.69 Å². The summed E-state index contributed by atoms with van der Waals surface area (Å²) in [5.74, 6) is 0. The van der Waals surface area contributed by atoms with Crippen molar-refractivity contribution in [3.63, 3.8) is 0 Å². The second-order valence-corrected chi connectivity index (χ2v) is 3.15. The van der Waals surface area contributed by atoms with Crippen LogP contribution in [0.3, 0.4) is 0 Å². The zero-order valence-corrected chi connectivity index (χ0v) is 6.70. The minimum Gasteiger partial charge on any atom is -0.239 e. The van der Waals surface area contributed by atoms with E-state index >= 15 is 0 Å². The fourth-order valence-electron chi connectivity index (χ4n) is 1.26. The van der Waals surface area contributed by atoms with Gasteiger partial charge in [0.05, 0.1) is 14.1 Å². The number of hydrogen-bond acceptors (Lipinski definition) is 1. The van der Waals surface area contributed by atoms with E-state index < -0.39 is 0 Å². The Morgan fingerprint density at radius 2 is 2.00 bits per heavy atom. The van der Waals surface area contributed by atoms with Gasteiger partial charge < -0.3 is 0 Å². The average molecular weight is 146 g/mol. The van der Waals surface area contributed by atoms with E-state index in [9.17, 15) is 0 Å². The molecule has 55 valence electrons. The lowest BCUT2D eigenvalue weighted by Gasteiger charge is -2.16. The maximum atomic E-state index is 4.17. The van der Waals surface area contributed by atoms with Gasteiger partial charge in [0.25, 0.3) is 0 Å². The van der Waals surface area contributed by atoms with Crippen molar-refractivity contribution in [3.05, 3.63) is 24.3 Å². The highest BCUT2D eigenvalue weighted by Crippen LogP contribution is 2.34. The molecule has 2 rings (SSSR count). The largest absolute Gasteiger partial charge is 0.317 e. The van der Waals surface area contributed by atoms with Gasteiger partial charge in [0.15, 0.2) is 5.69 Å². The lowest BCUT2D eigenvalue weighted by Crippen LogP contribution is -2.36. The summed E-state index contributed by atoms with van der Waals surface area (Å²) in [6.45, 7) is 0. The SMILES string of the molecule is C[N+]1(C)[C]=Nc2ccccc21. The van der Waals surface area contributed by atoms with Gasteiger partial charge >= 0.3 is 6.34 Å². The summed E-state index contributed by atoms with van der Waals surface area (Å²) in [6.07, 6.45) is 3.02. The lowest BCUT2D eigenvalue weighted by atomic mass is 10.2. The lowest BCUT2D eigenvalue weighted by molar-refractivity contribution is 0.625. The van der Waals surface area contributed by atoms with Gasteiger partial charge in [-0.2, -0.15) is 4.99 Å². The molecule has 2 heteroatoms. The van der Waals surface area contributed by atoms with E-state index in [2.05, 4.69) is 31.5 Å². The van der Waals surface area contributed by atoms with E-state index in [4.69, 9.17) is 0 Å². The van der Waals surface area contributed by atoms with Gasteiger partial charge in [-0.1, -0.05) is 12.1 Å². The maximum Gasteiger partial charge on any atom is 0.317 e. The molecule has 1 heterocycles. The maximum absolute atomic E-state index is 4.17. The molecule has 11 heavy (non-hydrogen) atoms. The van der Waals surface area contributed by atoms with E-state index in [0.29, 0.717) is 4.48 Å². The molecule has 0 unspecified atom stereocenters. The molecule has 2 nitrogen and oxygen atoms in total. The van der Waals surface area contributed by atoms with E-state index in [1.165, 1.54) is 5.69 Å². The van der Waals surface area contributed by atoms with E-state index in [-0.39, 0.29) is 0 Å². The first-order valence-corrected chi connectivity index (χ1v) is 3.62. The molecule has 1 aliphatic rings. The molecule has 0 spiro atoms. The highest BCUT2D eigenvalue weighted by atomic mass is 15.4. The minimum absolute atomic E-state index is 0.635. The van der Waals surface area contributed by atoms with Crippen molar-refractivity contribution in [1.82, 2.24) is 4.48 Å². The van der Waals surface area contributed by atoms with Crippen LogP contribution in [0, 0.1) is 0 Å². The van der Waals surface area contributed by atoms with Crippen LogP contribution in [0.1, 0.15) is 0 Å². The number of benzene rings is 1. The molecule has 0 atom stereocenters. The topological polar surface area (TPSA) is 12.4 Å². The molecule has 1 aromatic carbocycles. The first kappa shape index (κ1) is 6.55. The fourth-order valence-corrected chi connectivity index (χ4v) is 1.26. The van der Waals surface area contributed by atoms with Gasteiger partial charge in [-0.25, -0.2) is 4.48 Å². The molecule has 0 N–H and O–H groups in total. The highest BCUT2D eigenvalue weighted by Gasteiger charge is 2.27. The zero-order valence-electron chi connectivity index (χ0n) is 6.70. The van der Waals surface area contributed by atoms with Crippen LogP contribution < -0.4 is 4.48 Å². The molecule has 0 fully saturated rings. The molecule has 1 aromatic rings. The van der Waals surface area contributed by atoms with Crippen molar-refractivity contribution in [2.24, 2.45) is 4.99 Å². The Bertz CT molecular complexity index is 313. The average Bonchev–Trinajstić information content (AvgIpc) is 2.29. The molecule has 0 aromatic heterocycles. The molecule has 0 saturated heterocycles. The summed E-state index contributed by atoms with van der Waals surface area (Å²) in [5.41, 5.74) is 2.25. The molecule has 0 aliphatic carbocycles. The van der Waals surface area contributed by atoms with Crippen LogP contribution in [0.4, 0.5) is 11.4 Å². The number of para-hydroxylation sites is 2. The van der Waals surface area contributed by atoms with Crippen molar-refractivity contribution in [2.45, 2.75) is 0 Å². The van der Waals surface area contributed by atoms with Gasteiger partial charge in [-0.3, -0.25) is 0 Å². The van der Waals surface area contributed by atoms with Crippen molar-refractivity contribution in [2.75, 3.05) is 14.1 Å². The van der Waals surface area contributed by atoms with Crippen molar-refractivity contribution in [1.29, 1.82) is 0 Å². The summed E-state index contributed by atoms with van der Waals surface area (Å²) in [5, 5.41) is 0. The molecular weight excluding hydrogens is 136 g/mol. The summed E-state index contributed by atoms with van der Waals surface area (Å²) in [7, 11) is 4.13. The van der Waals surface area contributed by atoms with Crippen LogP contribution in [0.5, 0.6) is 0 Å². The monoisotopic (exact) mass is 146 g/mol. The molecule has 0 bridgehead atoms. The minimum atomic E-state index is 0.635. The number of hydrogen-bond donors (Lipinski definition) is 0. The Morgan fingerprint density at radius 1 is 1.27 bits per heavy atom. The van der Waals surface area contributed by atoms with Gasteiger partial charge in [-0.15, -0.1) is 0 Å². The molecule has 1 aliphatic heterocycles. The summed E-state index contributed by atoms with van der Waals surface area (Å²) in [6, 6.07) is 8.12. The highest BCUT2D eigenvalue weighted by molar-refractivity contribution is 5.87. The van der Waals surface area contributed by atoms with Crippen LogP contribution in [0.15, 0.2) is 29.3 Å². The van der Waals surface area contributed by atoms with Gasteiger partial charge in [0.1, 0.15) is 5.69 Å². The second-order valence-electron chi connectivity index (χ2n) is 3.15. The Morgan fingerprint density at radius 3 is 2.73 bits per heavy atom. The third-order valence-corrected chi connectivity index (χ3v) is 1.90. The number of rotatable bonds is 0. The predicted molar refractivity (Wildman–Crippen MR) is 47.2 cm³/mol. The van der Waals surface area contributed by atoms with E-state index in [1.54, 1.807) is 0 Å². The van der Waals surface area contributed by atoms with Crippen molar-refractivity contribution >= 4 is 17.7 Å². The third kappa shape index (κ3) is 0.870. The Labute approximate surface area is 66.4 Å². The van der Waals surface area contributed by atoms with Crippen molar-refractivity contribution < 1.29 is 0 Å². The molecular formula is C9H10N2+. The summed E-state index contributed by atoms with van der Waals surface area (Å²) < 4.78 is 0.635. The number of fused-ring (bicyclic) bond motifs is 1. The van der Waals surface area contributed by atoms with Crippen LogP contribution in [-0.2, 0) is 0 Å². The number of quaternary nitrogens is 1. The summed E-state index contributed by atoms with van der Waals surface area (Å²) in [4.78, 5) is 4.17. The Balaban J connectivity index is 2.64. The van der Waals surface area contributed by atoms with Gasteiger partial charge in [-0.05, 0) is 6.07 Å². The van der Waals surface area contributed by atoms with Gasteiger partial charge in [0, 0.05) is 6.07 Å². The smallest absolute Gasteiger partial charge is 0.239 e. The van der Waals surface area contributed by atoms with Crippen LogP contribution in [0.2, 0.25) is 0 Å². The first-order valence-electron chi connectivity index (χ1n) is 3.62. The molecule has 1 radical (unpaired) electrons. The second kappa shape index (κ2) is 1.92. The van der Waals surface area contributed by atoms with Gasteiger partial charge in [0.2, 0.25) is 0 Å². The van der Waals surface area contributed by atoms with Crippen LogP contribution >= 0.6 is 0 Å². The number of aliphatic imine (C=N–C) groups is 1. The molecule has 0 saturated carbocycles. The molecule has 0 amide bonds. The predicted octanol–water partition coefficient (Wildman–Crippen LogP) is 1.80. The number of nitrogens with zero attached hydrogens (tertiary/aromatic N) is 2. The quantitative estimate of drug-likeness (QED) is 0.495. The Kier molecular flexibility index (Phi) is 1.14. The summed E-state index contributed by atoms with van der Waals surface area (Å²) >= 11 is 0. The fraction of sp³-hybridized carbons (Fsp3) is 0.222. The Hall–Kier alpha value is -1.15. The first-order chi connectivity index (χ1) is 5.20. The van der Waals surface area contributed by atoms with Crippen LogP contribution in [-0.4, -0.2) is 20.4 Å². The third-order valence-electron chi connectivity index (χ3n) is 1.90. The van der Waals surface area contributed by atoms with Crippen molar-refractivity contribution in [3.8, 4) is 0 Å². The van der Waals surface area contributed by atoms with E-state index in [1.807, 2.05) is 18.2 Å². The standard InChI is InChI=1S/C9H10N2/c1-11(2)7-10-8-5-3-4-6-9(8)11/h3-6H,1-2H3/q+1. The normalized spacial score (nSPS) is 18.4. The van der Waals surface area contributed by atoms with Crippen LogP contribution in [0.25, 0.3) is 0 Å². The zero-order chi connectivity index (χ0) is 7.90.